The van der Waals surface area contributed by atoms with E-state index in [1.54, 1.807) is 11.0 Å². The summed E-state index contributed by atoms with van der Waals surface area (Å²) in [6.07, 6.45) is 1.83. The van der Waals surface area contributed by atoms with Crippen molar-refractivity contribution >= 4 is 34.9 Å². The molecular formula is C21H19Cl2FN4O4. The van der Waals surface area contributed by atoms with Crippen LogP contribution in [0, 0.1) is 21.8 Å². The van der Waals surface area contributed by atoms with Crippen LogP contribution in [0.15, 0.2) is 30.3 Å². The van der Waals surface area contributed by atoms with Crippen molar-refractivity contribution in [2.75, 3.05) is 18.5 Å². The summed E-state index contributed by atoms with van der Waals surface area (Å²) in [5.74, 6) is -2.23. The van der Waals surface area contributed by atoms with Gasteiger partial charge in [0.05, 0.1) is 17.5 Å². The van der Waals surface area contributed by atoms with Gasteiger partial charge in [0.25, 0.3) is 5.91 Å². The molecule has 0 radical (unpaired) electrons. The molecule has 1 aliphatic carbocycles. The van der Waals surface area contributed by atoms with Gasteiger partial charge in [-0.3, -0.25) is 19.8 Å². The number of hydrogen-bond donors (Lipinski definition) is 2. The first-order valence-electron chi connectivity index (χ1n) is 10.2. The van der Waals surface area contributed by atoms with Crippen molar-refractivity contribution in [1.29, 1.82) is 0 Å². The van der Waals surface area contributed by atoms with Crippen LogP contribution in [0.4, 0.5) is 10.2 Å². The lowest BCUT2D eigenvalue weighted by atomic mass is 9.74. The van der Waals surface area contributed by atoms with E-state index in [2.05, 4.69) is 10.3 Å². The molecule has 1 saturated heterocycles. The number of nitrogens with zero attached hydrogens (tertiary/aromatic N) is 3. The fraction of sp³-hybridized carbons (Fsp3) is 0.429. The van der Waals surface area contributed by atoms with Crippen molar-refractivity contribution < 1.29 is 19.2 Å². The average Bonchev–Trinajstić information content (AvgIpc) is 3.45. The highest BCUT2D eigenvalue weighted by atomic mass is 35.5. The van der Waals surface area contributed by atoms with Gasteiger partial charge in [-0.25, -0.2) is 9.37 Å². The number of rotatable bonds is 5. The molecule has 2 N–H and O–H groups in total. The Morgan fingerprint density at radius 1 is 1.31 bits per heavy atom. The maximum absolute atomic E-state index is 15.3. The standard InChI is InChI=1S/C21H19Cl2FN4O4/c22-13-3-1-2-11(17(13)24)16-18(28(31)32)14(9-29)27(8-10-4-5-10)21(16)12-6-7-15(23)25-19(12)26-20(21)30/h1-3,6-7,10,14,16,18,29H,4-5,8-9H2,(H,25,26,30)/t14-,16-,18+,21+/m0/s1. The highest BCUT2D eigenvalue weighted by molar-refractivity contribution is 6.30. The number of hydrogen-bond acceptors (Lipinski definition) is 6. The van der Waals surface area contributed by atoms with Crippen LogP contribution in [-0.2, 0) is 10.3 Å². The molecule has 4 atom stereocenters. The number of carbonyl (C=O) groups excluding carboxylic acids is 1. The smallest absolute Gasteiger partial charge is 0.251 e. The topological polar surface area (TPSA) is 109 Å². The van der Waals surface area contributed by atoms with E-state index in [1.807, 2.05) is 0 Å². The van der Waals surface area contributed by atoms with Crippen LogP contribution < -0.4 is 5.32 Å². The van der Waals surface area contributed by atoms with Crippen molar-refractivity contribution in [2.24, 2.45) is 5.92 Å². The Balaban J connectivity index is 1.83. The Morgan fingerprint density at radius 3 is 2.72 bits per heavy atom. The number of anilines is 1. The number of likely N-dealkylation sites (tertiary alicyclic amines) is 1. The maximum Gasteiger partial charge on any atom is 0.251 e. The van der Waals surface area contributed by atoms with Crippen LogP contribution in [0.3, 0.4) is 0 Å². The van der Waals surface area contributed by atoms with Gasteiger partial charge in [0.1, 0.15) is 28.4 Å². The lowest BCUT2D eigenvalue weighted by molar-refractivity contribution is -0.528. The van der Waals surface area contributed by atoms with Gasteiger partial charge in [0.15, 0.2) is 0 Å². The van der Waals surface area contributed by atoms with E-state index in [0.717, 1.165) is 12.8 Å². The quantitative estimate of drug-likeness (QED) is 0.386. The third-order valence-electron chi connectivity index (χ3n) is 6.79. The zero-order valence-corrected chi connectivity index (χ0v) is 18.2. The van der Waals surface area contributed by atoms with Crippen LogP contribution in [0.2, 0.25) is 10.2 Å². The number of aromatic nitrogens is 1. The molecule has 1 spiro atoms. The van der Waals surface area contributed by atoms with Gasteiger partial charge in [0, 0.05) is 22.6 Å². The van der Waals surface area contributed by atoms with E-state index in [0.29, 0.717) is 12.1 Å². The summed E-state index contributed by atoms with van der Waals surface area (Å²) < 4.78 is 15.3. The molecule has 1 saturated carbocycles. The first kappa shape index (κ1) is 21.5. The predicted octanol–water partition coefficient (Wildman–Crippen LogP) is 3.19. The second-order valence-corrected chi connectivity index (χ2v) is 9.29. The minimum Gasteiger partial charge on any atom is -0.394 e. The largest absolute Gasteiger partial charge is 0.394 e. The molecule has 0 unspecified atom stereocenters. The lowest BCUT2D eigenvalue weighted by Crippen LogP contribution is -2.53. The SMILES string of the molecule is O=C1Nc2nc(Cl)ccc2[C@@]12[C@@H](c1cccc(Cl)c1F)[C@H]([N+](=O)[O-])[C@H](CO)N2CC1CC1. The first-order chi connectivity index (χ1) is 15.3. The number of benzene rings is 1. The zero-order valence-electron chi connectivity index (χ0n) is 16.7. The van der Waals surface area contributed by atoms with Gasteiger partial charge < -0.3 is 10.4 Å². The Morgan fingerprint density at radius 2 is 2.06 bits per heavy atom. The molecule has 2 aliphatic heterocycles. The van der Waals surface area contributed by atoms with E-state index in [9.17, 15) is 20.0 Å². The minimum absolute atomic E-state index is 0.0473. The van der Waals surface area contributed by atoms with Gasteiger partial charge in [-0.2, -0.15) is 0 Å². The number of carbonyl (C=O) groups is 1. The van der Waals surface area contributed by atoms with Gasteiger partial charge in [0.2, 0.25) is 6.04 Å². The van der Waals surface area contributed by atoms with E-state index in [1.165, 1.54) is 24.3 Å². The molecule has 0 bridgehead atoms. The number of nitrogens with one attached hydrogen (secondary N) is 1. The van der Waals surface area contributed by atoms with Crippen molar-refractivity contribution in [2.45, 2.75) is 36.4 Å². The summed E-state index contributed by atoms with van der Waals surface area (Å²) in [5, 5.41) is 25.3. The normalized spacial score (nSPS) is 29.4. The van der Waals surface area contributed by atoms with Crippen LogP contribution in [-0.4, -0.2) is 51.1 Å². The van der Waals surface area contributed by atoms with Crippen LogP contribution >= 0.6 is 23.2 Å². The first-order valence-corrected chi connectivity index (χ1v) is 11.0. The fourth-order valence-electron chi connectivity index (χ4n) is 5.35. The average molecular weight is 481 g/mol. The molecule has 1 aromatic heterocycles. The number of pyridine rings is 1. The summed E-state index contributed by atoms with van der Waals surface area (Å²) >= 11 is 12.1. The second kappa shape index (κ2) is 7.62. The van der Waals surface area contributed by atoms with Crippen LogP contribution in [0.5, 0.6) is 0 Å². The highest BCUT2D eigenvalue weighted by Crippen LogP contribution is 2.58. The molecule has 1 aromatic carbocycles. The number of fused-ring (bicyclic) bond motifs is 2. The van der Waals surface area contributed by atoms with Gasteiger partial charge in [-0.15, -0.1) is 0 Å². The number of amides is 1. The molecule has 3 aliphatic rings. The Labute approximate surface area is 192 Å². The molecule has 5 rings (SSSR count). The van der Waals surface area contributed by atoms with Crippen molar-refractivity contribution in [3.8, 4) is 0 Å². The fourth-order valence-corrected chi connectivity index (χ4v) is 5.68. The molecule has 3 heterocycles. The molecule has 11 heteroatoms. The minimum atomic E-state index is -1.65. The Bertz CT molecular complexity index is 1130. The summed E-state index contributed by atoms with van der Waals surface area (Å²) in [6, 6.07) is 4.87. The summed E-state index contributed by atoms with van der Waals surface area (Å²) in [7, 11) is 0. The second-order valence-electron chi connectivity index (χ2n) is 8.49. The van der Waals surface area contributed by atoms with E-state index >= 15 is 4.39 Å². The molecule has 1 amide bonds. The number of aliphatic hydroxyl groups excluding tert-OH is 1. The van der Waals surface area contributed by atoms with Gasteiger partial charge >= 0.3 is 0 Å². The number of halogens is 3. The molecule has 168 valence electrons. The van der Waals surface area contributed by atoms with E-state index in [-0.39, 0.29) is 27.5 Å². The summed E-state index contributed by atoms with van der Waals surface area (Å²) in [5.41, 5.74) is -1.32. The summed E-state index contributed by atoms with van der Waals surface area (Å²) in [4.78, 5) is 31.4. The Kier molecular flexibility index (Phi) is 5.12. The zero-order chi connectivity index (χ0) is 22.8. The van der Waals surface area contributed by atoms with Crippen molar-refractivity contribution in [3.05, 3.63) is 67.6 Å². The molecule has 32 heavy (non-hydrogen) atoms. The predicted molar refractivity (Wildman–Crippen MR) is 115 cm³/mol. The monoisotopic (exact) mass is 480 g/mol. The van der Waals surface area contributed by atoms with E-state index in [4.69, 9.17) is 23.2 Å². The van der Waals surface area contributed by atoms with Crippen molar-refractivity contribution in [3.63, 3.8) is 0 Å². The van der Waals surface area contributed by atoms with Gasteiger partial charge in [-0.1, -0.05) is 35.3 Å². The highest BCUT2D eigenvalue weighted by Gasteiger charge is 2.71. The third kappa shape index (κ3) is 2.95. The van der Waals surface area contributed by atoms with Crippen LogP contribution in [0.25, 0.3) is 0 Å². The third-order valence-corrected chi connectivity index (χ3v) is 7.29. The molecule has 2 fully saturated rings. The van der Waals surface area contributed by atoms with Gasteiger partial charge in [-0.05, 0) is 37.0 Å². The summed E-state index contributed by atoms with van der Waals surface area (Å²) in [6.45, 7) is -0.216. The molecule has 2 aromatic rings. The van der Waals surface area contributed by atoms with Crippen molar-refractivity contribution in [1.82, 2.24) is 9.88 Å². The van der Waals surface area contributed by atoms with Crippen LogP contribution in [0.1, 0.15) is 29.9 Å². The Hall–Kier alpha value is -2.33. The number of aliphatic hydroxyl groups is 1. The lowest BCUT2D eigenvalue weighted by Gasteiger charge is -2.38. The molecular weight excluding hydrogens is 462 g/mol. The van der Waals surface area contributed by atoms with E-state index < -0.39 is 46.8 Å². The maximum atomic E-state index is 15.3. The number of nitro groups is 1. The molecule has 8 nitrogen and oxygen atoms in total.